The smallest absolute Gasteiger partial charge is 0.293 e. The van der Waals surface area contributed by atoms with Crippen LogP contribution in [0.2, 0.25) is 0 Å². The van der Waals surface area contributed by atoms with Crippen LogP contribution in [0, 0.1) is 0 Å². The maximum atomic E-state index is 12.4. The van der Waals surface area contributed by atoms with Crippen LogP contribution in [-0.4, -0.2) is 51.6 Å². The molecule has 10 heteroatoms. The molecular formula is C18H21N5O3S2. The van der Waals surface area contributed by atoms with Crippen LogP contribution in [0.15, 0.2) is 39.5 Å². The van der Waals surface area contributed by atoms with Crippen molar-refractivity contribution >= 4 is 34.1 Å². The molecule has 3 aromatic rings. The molecule has 8 nitrogen and oxygen atoms in total. The van der Waals surface area contributed by atoms with Gasteiger partial charge in [0.1, 0.15) is 5.76 Å². The zero-order valence-corrected chi connectivity index (χ0v) is 17.1. The molecule has 3 aromatic heterocycles. The predicted molar refractivity (Wildman–Crippen MR) is 108 cm³/mol. The molecule has 0 aliphatic carbocycles. The number of amides is 1. The quantitative estimate of drug-likeness (QED) is 0.590. The summed E-state index contributed by atoms with van der Waals surface area (Å²) >= 11 is 2.98. The second-order valence-electron chi connectivity index (χ2n) is 6.36. The molecule has 0 spiro atoms. The number of aromatic nitrogens is 3. The average molecular weight is 420 g/mol. The lowest BCUT2D eigenvalue weighted by Gasteiger charge is -2.25. The number of thiazole rings is 1. The fourth-order valence-electron chi connectivity index (χ4n) is 2.79. The third kappa shape index (κ3) is 4.82. The van der Waals surface area contributed by atoms with E-state index in [0.717, 1.165) is 49.5 Å². The van der Waals surface area contributed by atoms with E-state index in [1.807, 2.05) is 29.3 Å². The van der Waals surface area contributed by atoms with Crippen LogP contribution in [0.3, 0.4) is 0 Å². The lowest BCUT2D eigenvalue weighted by Crippen LogP contribution is -2.35. The van der Waals surface area contributed by atoms with Crippen LogP contribution < -0.4 is 5.32 Å². The third-order valence-electron chi connectivity index (χ3n) is 4.27. The van der Waals surface area contributed by atoms with E-state index in [2.05, 4.69) is 20.2 Å². The normalized spacial score (nSPS) is 15.0. The van der Waals surface area contributed by atoms with Gasteiger partial charge in [-0.3, -0.25) is 15.0 Å². The van der Waals surface area contributed by atoms with E-state index in [9.17, 15) is 4.79 Å². The number of hydrogen-bond donors (Lipinski definition) is 1. The first-order valence-electron chi connectivity index (χ1n) is 8.92. The van der Waals surface area contributed by atoms with E-state index < -0.39 is 0 Å². The molecule has 1 aliphatic heterocycles. The summed E-state index contributed by atoms with van der Waals surface area (Å²) < 4.78 is 13.0. The highest BCUT2D eigenvalue weighted by Crippen LogP contribution is 2.23. The first kappa shape index (κ1) is 19.2. The summed E-state index contributed by atoms with van der Waals surface area (Å²) in [4.78, 5) is 23.5. The summed E-state index contributed by atoms with van der Waals surface area (Å²) in [5.74, 6) is 1.32. The van der Waals surface area contributed by atoms with E-state index in [-0.39, 0.29) is 11.7 Å². The summed E-state index contributed by atoms with van der Waals surface area (Å²) in [6.07, 6.45) is 3.65. The first-order valence-corrected chi connectivity index (χ1v) is 10.8. The molecule has 1 amide bonds. The molecule has 1 aliphatic rings. The fraction of sp³-hybridized carbons (Fsp3) is 0.389. The van der Waals surface area contributed by atoms with Crippen molar-refractivity contribution in [1.29, 1.82) is 0 Å². The summed E-state index contributed by atoms with van der Waals surface area (Å²) in [5.41, 5.74) is 0.953. The van der Waals surface area contributed by atoms with Crippen molar-refractivity contribution in [2.24, 2.45) is 7.05 Å². The molecular weight excluding hydrogens is 398 g/mol. The Labute approximate surface area is 170 Å². The van der Waals surface area contributed by atoms with E-state index in [1.165, 1.54) is 11.3 Å². The Morgan fingerprint density at radius 2 is 2.21 bits per heavy atom. The number of ether oxygens (including phenoxy) is 1. The van der Waals surface area contributed by atoms with Crippen LogP contribution in [0.25, 0.3) is 0 Å². The number of carbonyl (C=O) groups is 1. The Bertz CT molecular complexity index is 929. The molecule has 1 N–H and O–H groups in total. The molecule has 148 valence electrons. The molecule has 28 heavy (non-hydrogen) atoms. The highest BCUT2D eigenvalue weighted by Gasteiger charge is 2.16. The van der Waals surface area contributed by atoms with E-state index in [1.54, 1.807) is 24.0 Å². The fourth-order valence-corrected chi connectivity index (χ4v) is 4.31. The predicted octanol–water partition coefficient (Wildman–Crippen LogP) is 2.85. The van der Waals surface area contributed by atoms with E-state index >= 15 is 0 Å². The van der Waals surface area contributed by atoms with Gasteiger partial charge in [-0.2, -0.15) is 0 Å². The number of hydrogen-bond acceptors (Lipinski definition) is 8. The number of carbonyl (C=O) groups excluding carboxylic acids is 1. The number of nitrogens with one attached hydrogen (secondary N) is 1. The van der Waals surface area contributed by atoms with Crippen LogP contribution in [0.4, 0.5) is 5.13 Å². The van der Waals surface area contributed by atoms with Crippen molar-refractivity contribution in [3.8, 4) is 0 Å². The Morgan fingerprint density at radius 3 is 3.00 bits per heavy atom. The number of nitrogens with zero attached hydrogens (tertiary/aromatic N) is 4. The van der Waals surface area contributed by atoms with Crippen molar-refractivity contribution in [3.63, 3.8) is 0 Å². The number of morpholine rings is 1. The van der Waals surface area contributed by atoms with E-state index in [0.29, 0.717) is 10.9 Å². The molecule has 0 radical (unpaired) electrons. The Hall–Kier alpha value is -2.14. The minimum absolute atomic E-state index is 0.278. The van der Waals surface area contributed by atoms with Gasteiger partial charge in [-0.1, -0.05) is 11.8 Å². The summed E-state index contributed by atoms with van der Waals surface area (Å²) in [7, 11) is 1.94. The minimum atomic E-state index is -0.291. The molecule has 1 fully saturated rings. The van der Waals surface area contributed by atoms with Crippen molar-refractivity contribution < 1.29 is 13.9 Å². The number of rotatable bonds is 7. The zero-order valence-electron chi connectivity index (χ0n) is 15.5. The van der Waals surface area contributed by atoms with Gasteiger partial charge in [0.15, 0.2) is 16.0 Å². The minimum Gasteiger partial charge on any atom is -0.455 e. The van der Waals surface area contributed by atoms with Gasteiger partial charge in [0.05, 0.1) is 24.7 Å². The highest BCUT2D eigenvalue weighted by molar-refractivity contribution is 7.98. The maximum Gasteiger partial charge on any atom is 0.293 e. The molecule has 0 aromatic carbocycles. The topological polar surface area (TPSA) is 85.4 Å². The highest BCUT2D eigenvalue weighted by atomic mass is 32.2. The summed E-state index contributed by atoms with van der Waals surface area (Å²) in [6, 6.07) is 3.50. The number of anilines is 1. The molecule has 0 unspecified atom stereocenters. The van der Waals surface area contributed by atoms with Crippen molar-refractivity contribution in [3.05, 3.63) is 47.1 Å². The average Bonchev–Trinajstić information content (AvgIpc) is 3.43. The van der Waals surface area contributed by atoms with Gasteiger partial charge in [0.25, 0.3) is 5.91 Å². The first-order chi connectivity index (χ1) is 13.7. The number of imidazole rings is 1. The summed E-state index contributed by atoms with van der Waals surface area (Å²) in [5, 5.41) is 6.27. The monoisotopic (exact) mass is 419 g/mol. The number of aryl methyl sites for hydroxylation is 1. The van der Waals surface area contributed by atoms with Gasteiger partial charge in [0, 0.05) is 44.5 Å². The molecule has 1 saturated heterocycles. The van der Waals surface area contributed by atoms with Crippen LogP contribution in [-0.2, 0) is 24.1 Å². The Kier molecular flexibility index (Phi) is 6.10. The van der Waals surface area contributed by atoms with Crippen molar-refractivity contribution in [2.45, 2.75) is 17.5 Å². The largest absolute Gasteiger partial charge is 0.455 e. The van der Waals surface area contributed by atoms with Crippen LogP contribution >= 0.6 is 23.1 Å². The molecule has 0 bridgehead atoms. The zero-order chi connectivity index (χ0) is 19.3. The summed E-state index contributed by atoms with van der Waals surface area (Å²) in [6.45, 7) is 4.10. The standard InChI is InChI=1S/C18H21N5O3S2/c1-22-5-4-19-18(22)28-12-14-2-3-15(26-14)16(24)21-17-20-13(11-27-17)10-23-6-8-25-9-7-23/h2-5,11H,6-10,12H2,1H3,(H,20,21,24). The molecule has 0 saturated carbocycles. The Balaban J connectivity index is 1.30. The van der Waals surface area contributed by atoms with Gasteiger partial charge in [0.2, 0.25) is 0 Å². The van der Waals surface area contributed by atoms with Gasteiger partial charge in [-0.05, 0) is 12.1 Å². The van der Waals surface area contributed by atoms with E-state index in [4.69, 9.17) is 9.15 Å². The SMILES string of the molecule is Cn1ccnc1SCc1ccc(C(=O)Nc2nc(CN3CCOCC3)cs2)o1. The number of furan rings is 1. The second-order valence-corrected chi connectivity index (χ2v) is 8.16. The number of thioether (sulfide) groups is 1. The Morgan fingerprint density at radius 1 is 1.36 bits per heavy atom. The molecule has 4 heterocycles. The lowest BCUT2D eigenvalue weighted by atomic mass is 10.4. The van der Waals surface area contributed by atoms with Gasteiger partial charge >= 0.3 is 0 Å². The maximum absolute atomic E-state index is 12.4. The van der Waals surface area contributed by atoms with Crippen LogP contribution in [0.5, 0.6) is 0 Å². The van der Waals surface area contributed by atoms with Crippen LogP contribution in [0.1, 0.15) is 22.0 Å². The molecule has 0 atom stereocenters. The lowest BCUT2D eigenvalue weighted by molar-refractivity contribution is 0.0337. The molecule has 4 rings (SSSR count). The van der Waals surface area contributed by atoms with Gasteiger partial charge in [-0.15, -0.1) is 11.3 Å². The second kappa shape index (κ2) is 8.91. The van der Waals surface area contributed by atoms with Gasteiger partial charge in [-0.25, -0.2) is 9.97 Å². The van der Waals surface area contributed by atoms with Crippen molar-refractivity contribution in [2.75, 3.05) is 31.6 Å². The van der Waals surface area contributed by atoms with Gasteiger partial charge < -0.3 is 13.7 Å². The third-order valence-corrected chi connectivity index (χ3v) is 6.15. The van der Waals surface area contributed by atoms with Crippen molar-refractivity contribution in [1.82, 2.24) is 19.4 Å².